The van der Waals surface area contributed by atoms with Crippen molar-refractivity contribution in [3.05, 3.63) is 0 Å². The van der Waals surface area contributed by atoms with Crippen molar-refractivity contribution in [3.8, 4) is 0 Å². The normalized spacial score (nSPS) is 23.3. The summed E-state index contributed by atoms with van der Waals surface area (Å²) in [6, 6.07) is 0. The highest BCUT2D eigenvalue weighted by Gasteiger charge is 2.35. The standard InChI is InChI=1S/C13H23NO5/c1-13(2,6-7-18-3)8-14-11(15)9-4-5-10(19-9)12(16)17/h9-10H,4-8H2,1-3H3,(H,14,15)(H,16,17). The second-order valence-electron chi connectivity index (χ2n) is 5.65. The van der Waals surface area contributed by atoms with Crippen molar-refractivity contribution in [2.24, 2.45) is 5.41 Å². The number of carboxylic acid groups (broad SMARTS) is 1. The number of carbonyl (C=O) groups excluding carboxylic acids is 1. The minimum absolute atomic E-state index is 0.0591. The lowest BCUT2D eigenvalue weighted by Gasteiger charge is -2.25. The van der Waals surface area contributed by atoms with E-state index in [2.05, 4.69) is 5.32 Å². The van der Waals surface area contributed by atoms with Crippen molar-refractivity contribution in [3.63, 3.8) is 0 Å². The van der Waals surface area contributed by atoms with Crippen LogP contribution in [0.2, 0.25) is 0 Å². The Morgan fingerprint density at radius 3 is 2.53 bits per heavy atom. The molecule has 0 bridgehead atoms. The zero-order chi connectivity index (χ0) is 14.5. The lowest BCUT2D eigenvalue weighted by Crippen LogP contribution is -2.40. The fourth-order valence-corrected chi connectivity index (χ4v) is 1.92. The number of ether oxygens (including phenoxy) is 2. The molecule has 0 spiro atoms. The molecule has 1 fully saturated rings. The highest BCUT2D eigenvalue weighted by atomic mass is 16.5. The summed E-state index contributed by atoms with van der Waals surface area (Å²) >= 11 is 0. The van der Waals surface area contributed by atoms with Crippen LogP contribution in [0.4, 0.5) is 0 Å². The van der Waals surface area contributed by atoms with Crippen LogP contribution in [0.1, 0.15) is 33.1 Å². The topological polar surface area (TPSA) is 84.9 Å². The summed E-state index contributed by atoms with van der Waals surface area (Å²) in [5.41, 5.74) is -0.0591. The molecule has 1 saturated heterocycles. The summed E-state index contributed by atoms with van der Waals surface area (Å²) in [5, 5.41) is 11.6. The Bertz CT molecular complexity index is 329. The third kappa shape index (κ3) is 5.16. The first-order valence-electron chi connectivity index (χ1n) is 6.50. The van der Waals surface area contributed by atoms with Crippen LogP contribution >= 0.6 is 0 Å². The lowest BCUT2D eigenvalue weighted by molar-refractivity contribution is -0.151. The molecule has 1 aliphatic rings. The number of amides is 1. The maximum atomic E-state index is 11.9. The van der Waals surface area contributed by atoms with Gasteiger partial charge in [0.25, 0.3) is 0 Å². The van der Waals surface area contributed by atoms with E-state index in [0.717, 1.165) is 6.42 Å². The number of rotatable bonds is 7. The highest BCUT2D eigenvalue weighted by molar-refractivity contribution is 5.82. The molecular weight excluding hydrogens is 250 g/mol. The first-order chi connectivity index (χ1) is 8.85. The van der Waals surface area contributed by atoms with Gasteiger partial charge in [-0.25, -0.2) is 4.79 Å². The Morgan fingerprint density at radius 1 is 1.37 bits per heavy atom. The maximum absolute atomic E-state index is 11.9. The predicted octanol–water partition coefficient (Wildman–Crippen LogP) is 0.797. The molecule has 2 atom stereocenters. The molecule has 1 heterocycles. The predicted molar refractivity (Wildman–Crippen MR) is 68.8 cm³/mol. The lowest BCUT2D eigenvalue weighted by atomic mass is 9.89. The van der Waals surface area contributed by atoms with E-state index in [0.29, 0.717) is 26.0 Å². The van der Waals surface area contributed by atoms with Crippen LogP contribution in [-0.4, -0.2) is 49.5 Å². The van der Waals surface area contributed by atoms with Crippen LogP contribution in [0.25, 0.3) is 0 Å². The van der Waals surface area contributed by atoms with Crippen molar-refractivity contribution in [1.82, 2.24) is 5.32 Å². The van der Waals surface area contributed by atoms with Crippen LogP contribution in [-0.2, 0) is 19.1 Å². The number of hydrogen-bond acceptors (Lipinski definition) is 4. The summed E-state index contributed by atoms with van der Waals surface area (Å²) in [6.07, 6.45) is 0.200. The van der Waals surface area contributed by atoms with E-state index >= 15 is 0 Å². The van der Waals surface area contributed by atoms with E-state index < -0.39 is 18.2 Å². The number of methoxy groups -OCH3 is 1. The molecule has 19 heavy (non-hydrogen) atoms. The molecule has 0 aromatic rings. The molecule has 1 rings (SSSR count). The molecule has 0 aliphatic carbocycles. The van der Waals surface area contributed by atoms with Gasteiger partial charge in [-0.3, -0.25) is 4.79 Å². The highest BCUT2D eigenvalue weighted by Crippen LogP contribution is 2.22. The van der Waals surface area contributed by atoms with Crippen molar-refractivity contribution >= 4 is 11.9 Å². The van der Waals surface area contributed by atoms with Crippen molar-refractivity contribution in [2.45, 2.75) is 45.3 Å². The molecule has 6 nitrogen and oxygen atoms in total. The van der Waals surface area contributed by atoms with E-state index in [1.54, 1.807) is 7.11 Å². The van der Waals surface area contributed by atoms with Gasteiger partial charge in [-0.2, -0.15) is 0 Å². The van der Waals surface area contributed by atoms with Crippen LogP contribution in [0.3, 0.4) is 0 Å². The van der Waals surface area contributed by atoms with Crippen molar-refractivity contribution < 1.29 is 24.2 Å². The zero-order valence-corrected chi connectivity index (χ0v) is 11.8. The van der Waals surface area contributed by atoms with Gasteiger partial charge < -0.3 is 19.9 Å². The average molecular weight is 273 g/mol. The van der Waals surface area contributed by atoms with Crippen LogP contribution < -0.4 is 5.32 Å². The van der Waals surface area contributed by atoms with Crippen LogP contribution in [0.15, 0.2) is 0 Å². The quantitative estimate of drug-likeness (QED) is 0.716. The third-order valence-electron chi connectivity index (χ3n) is 3.31. The van der Waals surface area contributed by atoms with E-state index in [4.69, 9.17) is 14.6 Å². The zero-order valence-electron chi connectivity index (χ0n) is 11.8. The summed E-state index contributed by atoms with van der Waals surface area (Å²) in [7, 11) is 1.65. The Morgan fingerprint density at radius 2 is 2.00 bits per heavy atom. The van der Waals surface area contributed by atoms with Crippen molar-refractivity contribution in [2.75, 3.05) is 20.3 Å². The minimum Gasteiger partial charge on any atom is -0.479 e. The van der Waals surface area contributed by atoms with Crippen LogP contribution in [0, 0.1) is 5.41 Å². The molecule has 2 N–H and O–H groups in total. The third-order valence-corrected chi connectivity index (χ3v) is 3.31. The molecular formula is C13H23NO5. The summed E-state index contributed by atoms with van der Waals surface area (Å²) < 4.78 is 10.2. The molecule has 0 aromatic heterocycles. The molecule has 0 aromatic carbocycles. The van der Waals surface area contributed by atoms with Gasteiger partial charge in [0.1, 0.15) is 6.10 Å². The summed E-state index contributed by atoms with van der Waals surface area (Å²) in [5.74, 6) is -1.23. The van der Waals surface area contributed by atoms with Gasteiger partial charge in [0.15, 0.2) is 6.10 Å². The Balaban J connectivity index is 2.34. The maximum Gasteiger partial charge on any atom is 0.332 e. The van der Waals surface area contributed by atoms with Gasteiger partial charge in [-0.1, -0.05) is 13.8 Å². The largest absolute Gasteiger partial charge is 0.479 e. The molecule has 1 aliphatic heterocycles. The fourth-order valence-electron chi connectivity index (χ4n) is 1.92. The number of aliphatic carboxylic acids is 1. The van der Waals surface area contributed by atoms with Gasteiger partial charge in [0.2, 0.25) is 5.91 Å². The van der Waals surface area contributed by atoms with Gasteiger partial charge >= 0.3 is 5.97 Å². The Hall–Kier alpha value is -1.14. The SMILES string of the molecule is COCCC(C)(C)CNC(=O)C1CCC(C(=O)O)O1. The molecule has 0 radical (unpaired) electrons. The van der Waals surface area contributed by atoms with Gasteiger partial charge in [0, 0.05) is 20.3 Å². The summed E-state index contributed by atoms with van der Waals surface area (Å²) in [4.78, 5) is 22.6. The number of hydrogen-bond donors (Lipinski definition) is 2. The van der Waals surface area contributed by atoms with E-state index in [1.807, 2.05) is 13.8 Å². The number of carboxylic acids is 1. The van der Waals surface area contributed by atoms with Gasteiger partial charge in [-0.15, -0.1) is 0 Å². The Kier molecular flexibility index (Phi) is 5.75. The van der Waals surface area contributed by atoms with E-state index in [9.17, 15) is 9.59 Å². The second-order valence-corrected chi connectivity index (χ2v) is 5.65. The first-order valence-corrected chi connectivity index (χ1v) is 6.50. The molecule has 0 saturated carbocycles. The molecule has 2 unspecified atom stereocenters. The van der Waals surface area contributed by atoms with Gasteiger partial charge in [0.05, 0.1) is 0 Å². The minimum atomic E-state index is -1.00. The average Bonchev–Trinajstić information content (AvgIpc) is 2.83. The second kappa shape index (κ2) is 6.86. The smallest absolute Gasteiger partial charge is 0.332 e. The summed E-state index contributed by atoms with van der Waals surface area (Å²) in [6.45, 7) is 5.25. The molecule has 6 heteroatoms. The molecule has 1 amide bonds. The van der Waals surface area contributed by atoms with Gasteiger partial charge in [-0.05, 0) is 24.7 Å². The van der Waals surface area contributed by atoms with Crippen LogP contribution in [0.5, 0.6) is 0 Å². The number of nitrogens with one attached hydrogen (secondary N) is 1. The van der Waals surface area contributed by atoms with E-state index in [-0.39, 0.29) is 11.3 Å². The monoisotopic (exact) mass is 273 g/mol. The van der Waals surface area contributed by atoms with Crippen molar-refractivity contribution in [1.29, 1.82) is 0 Å². The Labute approximate surface area is 113 Å². The number of carbonyl (C=O) groups is 2. The van der Waals surface area contributed by atoms with E-state index in [1.165, 1.54) is 0 Å². The first kappa shape index (κ1) is 15.9. The fraction of sp³-hybridized carbons (Fsp3) is 0.846. The molecule has 110 valence electrons.